The Kier molecular flexibility index (Phi) is 1.92. The SMILES string of the molecule is CC(=O)N1CCN(C)C1O. The van der Waals surface area contributed by atoms with Crippen molar-refractivity contribution in [3.05, 3.63) is 0 Å². The van der Waals surface area contributed by atoms with Crippen LogP contribution in [0.1, 0.15) is 6.92 Å². The van der Waals surface area contributed by atoms with Crippen molar-refractivity contribution < 1.29 is 9.90 Å². The van der Waals surface area contributed by atoms with Crippen LogP contribution in [0.15, 0.2) is 0 Å². The van der Waals surface area contributed by atoms with E-state index in [1.54, 1.807) is 11.9 Å². The van der Waals surface area contributed by atoms with Crippen molar-refractivity contribution in [1.82, 2.24) is 9.80 Å². The Balaban J connectivity index is 2.57. The molecule has 1 saturated heterocycles. The Morgan fingerprint density at radius 1 is 1.60 bits per heavy atom. The van der Waals surface area contributed by atoms with Gasteiger partial charge in [0.05, 0.1) is 0 Å². The van der Waals surface area contributed by atoms with Gasteiger partial charge in [0.1, 0.15) is 0 Å². The molecule has 1 amide bonds. The van der Waals surface area contributed by atoms with Gasteiger partial charge in [-0.2, -0.15) is 0 Å². The summed E-state index contributed by atoms with van der Waals surface area (Å²) in [5.41, 5.74) is 0. The highest BCUT2D eigenvalue weighted by Crippen LogP contribution is 2.08. The number of amides is 1. The van der Waals surface area contributed by atoms with E-state index >= 15 is 0 Å². The van der Waals surface area contributed by atoms with Crippen LogP contribution in [-0.2, 0) is 4.79 Å². The van der Waals surface area contributed by atoms with Crippen LogP contribution in [0, 0.1) is 0 Å². The maximum Gasteiger partial charge on any atom is 0.222 e. The highest BCUT2D eigenvalue weighted by atomic mass is 16.3. The molecule has 1 unspecified atom stereocenters. The molecule has 4 heteroatoms. The van der Waals surface area contributed by atoms with Crippen LogP contribution in [0.3, 0.4) is 0 Å². The number of aliphatic hydroxyl groups is 1. The predicted octanol–water partition coefficient (Wildman–Crippen LogP) is -0.944. The molecule has 1 aliphatic rings. The summed E-state index contributed by atoms with van der Waals surface area (Å²) >= 11 is 0. The van der Waals surface area contributed by atoms with Crippen LogP contribution in [0.2, 0.25) is 0 Å². The Morgan fingerprint density at radius 2 is 2.20 bits per heavy atom. The van der Waals surface area contributed by atoms with Crippen molar-refractivity contribution in [3.8, 4) is 0 Å². The Morgan fingerprint density at radius 3 is 2.40 bits per heavy atom. The third-order valence-electron chi connectivity index (χ3n) is 1.77. The molecule has 0 aromatic heterocycles. The number of likely N-dealkylation sites (N-methyl/N-ethyl adjacent to an activating group) is 1. The van der Waals surface area contributed by atoms with Crippen molar-refractivity contribution in [3.63, 3.8) is 0 Å². The molecule has 1 rings (SSSR count). The molecule has 10 heavy (non-hydrogen) atoms. The standard InChI is InChI=1S/C6H12N2O2/c1-5(9)8-4-3-7(2)6(8)10/h6,10H,3-4H2,1-2H3. The smallest absolute Gasteiger partial charge is 0.222 e. The third kappa shape index (κ3) is 1.12. The fraction of sp³-hybridized carbons (Fsp3) is 0.833. The average molecular weight is 144 g/mol. The van der Waals surface area contributed by atoms with Gasteiger partial charge < -0.3 is 10.0 Å². The molecule has 0 aromatic carbocycles. The van der Waals surface area contributed by atoms with Gasteiger partial charge >= 0.3 is 0 Å². The largest absolute Gasteiger partial charge is 0.361 e. The molecule has 0 radical (unpaired) electrons. The first-order chi connectivity index (χ1) is 4.63. The monoisotopic (exact) mass is 144 g/mol. The van der Waals surface area contributed by atoms with E-state index in [2.05, 4.69) is 0 Å². The lowest BCUT2D eigenvalue weighted by atomic mass is 10.5. The molecule has 1 N–H and O–H groups in total. The minimum absolute atomic E-state index is 0.0724. The fourth-order valence-electron chi connectivity index (χ4n) is 1.05. The van der Waals surface area contributed by atoms with E-state index in [-0.39, 0.29) is 5.91 Å². The lowest BCUT2D eigenvalue weighted by Gasteiger charge is -2.20. The fourth-order valence-corrected chi connectivity index (χ4v) is 1.05. The van der Waals surface area contributed by atoms with Gasteiger partial charge in [-0.25, -0.2) is 0 Å². The summed E-state index contributed by atoms with van der Waals surface area (Å²) < 4.78 is 0. The first-order valence-corrected chi connectivity index (χ1v) is 3.28. The van der Waals surface area contributed by atoms with Crippen molar-refractivity contribution in [2.24, 2.45) is 0 Å². The summed E-state index contributed by atoms with van der Waals surface area (Å²) in [5.74, 6) is -0.0724. The number of carbonyl (C=O) groups is 1. The molecule has 0 saturated carbocycles. The van der Waals surface area contributed by atoms with E-state index in [0.29, 0.717) is 6.54 Å². The third-order valence-corrected chi connectivity index (χ3v) is 1.77. The summed E-state index contributed by atoms with van der Waals surface area (Å²) in [6, 6.07) is 0. The van der Waals surface area contributed by atoms with E-state index in [0.717, 1.165) is 6.54 Å². The molecular weight excluding hydrogens is 132 g/mol. The number of rotatable bonds is 0. The second-order valence-corrected chi connectivity index (χ2v) is 2.54. The molecule has 58 valence electrons. The number of nitrogens with zero attached hydrogens (tertiary/aromatic N) is 2. The summed E-state index contributed by atoms with van der Waals surface area (Å²) in [6.07, 6.45) is -0.711. The van der Waals surface area contributed by atoms with E-state index in [4.69, 9.17) is 0 Å². The topological polar surface area (TPSA) is 43.8 Å². The van der Waals surface area contributed by atoms with Crippen molar-refractivity contribution in [2.45, 2.75) is 13.3 Å². The first kappa shape index (κ1) is 7.50. The van der Waals surface area contributed by atoms with Crippen molar-refractivity contribution in [2.75, 3.05) is 20.1 Å². The van der Waals surface area contributed by atoms with Gasteiger partial charge in [-0.3, -0.25) is 9.69 Å². The second kappa shape index (κ2) is 2.56. The molecule has 4 nitrogen and oxygen atoms in total. The van der Waals surface area contributed by atoms with Gasteiger partial charge in [0.15, 0.2) is 6.35 Å². The summed E-state index contributed by atoms with van der Waals surface area (Å²) in [5, 5.41) is 9.26. The van der Waals surface area contributed by atoms with Gasteiger partial charge in [-0.05, 0) is 7.05 Å². The van der Waals surface area contributed by atoms with E-state index < -0.39 is 6.35 Å². The predicted molar refractivity (Wildman–Crippen MR) is 36.0 cm³/mol. The zero-order valence-electron chi connectivity index (χ0n) is 6.24. The second-order valence-electron chi connectivity index (χ2n) is 2.54. The van der Waals surface area contributed by atoms with Crippen LogP contribution in [0.4, 0.5) is 0 Å². The average Bonchev–Trinajstić information content (AvgIpc) is 2.14. The molecule has 0 aromatic rings. The Bertz CT molecular complexity index is 149. The van der Waals surface area contributed by atoms with Crippen molar-refractivity contribution in [1.29, 1.82) is 0 Å². The summed E-state index contributed by atoms with van der Waals surface area (Å²) in [4.78, 5) is 13.9. The van der Waals surface area contributed by atoms with Crippen LogP contribution in [-0.4, -0.2) is 47.3 Å². The molecule has 0 spiro atoms. The number of carbonyl (C=O) groups excluding carboxylic acids is 1. The van der Waals surface area contributed by atoms with Gasteiger partial charge in [-0.1, -0.05) is 0 Å². The van der Waals surface area contributed by atoms with Crippen LogP contribution >= 0.6 is 0 Å². The van der Waals surface area contributed by atoms with Gasteiger partial charge in [0.25, 0.3) is 0 Å². The summed E-state index contributed by atoms with van der Waals surface area (Å²) in [7, 11) is 1.79. The number of hydrogen-bond acceptors (Lipinski definition) is 3. The zero-order valence-corrected chi connectivity index (χ0v) is 6.24. The lowest BCUT2D eigenvalue weighted by molar-refractivity contribution is -0.141. The normalized spacial score (nSPS) is 27.5. The van der Waals surface area contributed by atoms with E-state index in [9.17, 15) is 9.90 Å². The quantitative estimate of drug-likeness (QED) is 0.477. The molecule has 0 aliphatic carbocycles. The van der Waals surface area contributed by atoms with Crippen molar-refractivity contribution >= 4 is 5.91 Å². The Labute approximate surface area is 60.0 Å². The van der Waals surface area contributed by atoms with E-state index in [1.165, 1.54) is 11.8 Å². The van der Waals surface area contributed by atoms with Gasteiger partial charge in [0, 0.05) is 20.0 Å². The molecule has 0 bridgehead atoms. The van der Waals surface area contributed by atoms with E-state index in [1.807, 2.05) is 0 Å². The minimum Gasteiger partial charge on any atom is -0.361 e. The number of aliphatic hydroxyl groups excluding tert-OH is 1. The van der Waals surface area contributed by atoms with Gasteiger partial charge in [0.2, 0.25) is 5.91 Å². The molecule has 1 atom stereocenters. The highest BCUT2D eigenvalue weighted by molar-refractivity contribution is 5.73. The molecule has 1 heterocycles. The molecular formula is C6H12N2O2. The van der Waals surface area contributed by atoms with Crippen LogP contribution < -0.4 is 0 Å². The highest BCUT2D eigenvalue weighted by Gasteiger charge is 2.28. The maximum absolute atomic E-state index is 10.7. The lowest BCUT2D eigenvalue weighted by Crippen LogP contribution is -2.39. The van der Waals surface area contributed by atoms with Crippen LogP contribution in [0.25, 0.3) is 0 Å². The summed E-state index contributed by atoms with van der Waals surface area (Å²) in [6.45, 7) is 2.84. The zero-order chi connectivity index (χ0) is 7.72. The minimum atomic E-state index is -0.711. The van der Waals surface area contributed by atoms with Gasteiger partial charge in [-0.15, -0.1) is 0 Å². The molecule has 1 fully saturated rings. The number of hydrogen-bond donors (Lipinski definition) is 1. The first-order valence-electron chi connectivity index (χ1n) is 3.28. The molecule has 1 aliphatic heterocycles. The Hall–Kier alpha value is -0.610. The maximum atomic E-state index is 10.7. The van der Waals surface area contributed by atoms with Crippen LogP contribution in [0.5, 0.6) is 0 Å².